The number of aromatic nitrogens is 1. The zero-order valence-electron chi connectivity index (χ0n) is 10.1. The van der Waals surface area contributed by atoms with Gasteiger partial charge in [-0.15, -0.1) is 6.58 Å². The lowest BCUT2D eigenvalue weighted by atomic mass is 10.3. The second kappa shape index (κ2) is 6.13. The summed E-state index contributed by atoms with van der Waals surface area (Å²) in [4.78, 5) is 3.56. The van der Waals surface area contributed by atoms with E-state index in [4.69, 9.17) is 5.14 Å². The third-order valence-electron chi connectivity index (χ3n) is 2.12. The minimum Gasteiger partial charge on any atom is -0.283 e. The van der Waals surface area contributed by atoms with Gasteiger partial charge < -0.3 is 0 Å². The highest BCUT2D eigenvalue weighted by Crippen LogP contribution is 2.13. The van der Waals surface area contributed by atoms with Gasteiger partial charge in [0.15, 0.2) is 5.03 Å². The van der Waals surface area contributed by atoms with Crippen LogP contribution in [0, 0.1) is 0 Å². The molecule has 0 saturated carbocycles. The Labute approximate surface area is 112 Å². The standard InChI is InChI=1S/C10H15N3O4S2/c1-2-3-4-7-18(14,15)13-9-5-6-12-10(8-9)19(11,16)17/h2,5-6,8H,1,3-4,7H2,(H,12,13)(H2,11,16,17). The average molecular weight is 305 g/mol. The third-order valence-corrected chi connectivity index (χ3v) is 4.30. The third kappa shape index (κ3) is 5.37. The fraction of sp³-hybridized carbons (Fsp3) is 0.300. The van der Waals surface area contributed by atoms with Crippen LogP contribution in [0.25, 0.3) is 0 Å². The Kier molecular flexibility index (Phi) is 5.04. The predicted molar refractivity (Wildman–Crippen MR) is 72.5 cm³/mol. The van der Waals surface area contributed by atoms with Gasteiger partial charge in [0.05, 0.1) is 11.4 Å². The van der Waals surface area contributed by atoms with Crippen LogP contribution in [0.3, 0.4) is 0 Å². The molecule has 0 unspecified atom stereocenters. The van der Waals surface area contributed by atoms with Gasteiger partial charge in [-0.1, -0.05) is 6.08 Å². The summed E-state index contributed by atoms with van der Waals surface area (Å²) in [6.45, 7) is 3.50. The number of rotatable bonds is 7. The number of primary sulfonamides is 1. The number of hydrogen-bond donors (Lipinski definition) is 2. The SMILES string of the molecule is C=CCCCS(=O)(=O)Nc1ccnc(S(N)(=O)=O)c1. The van der Waals surface area contributed by atoms with Gasteiger partial charge in [0.25, 0.3) is 10.0 Å². The Morgan fingerprint density at radius 2 is 2.05 bits per heavy atom. The molecule has 1 heterocycles. The van der Waals surface area contributed by atoms with Crippen molar-refractivity contribution in [3.63, 3.8) is 0 Å². The van der Waals surface area contributed by atoms with Gasteiger partial charge in [-0.25, -0.2) is 27.0 Å². The Balaban J connectivity index is 2.85. The maximum Gasteiger partial charge on any atom is 0.255 e. The first-order valence-electron chi connectivity index (χ1n) is 5.35. The maximum absolute atomic E-state index is 11.7. The largest absolute Gasteiger partial charge is 0.283 e. The van der Waals surface area contributed by atoms with Crippen LogP contribution in [0.2, 0.25) is 0 Å². The van der Waals surface area contributed by atoms with Crippen LogP contribution in [0.5, 0.6) is 0 Å². The van der Waals surface area contributed by atoms with E-state index in [1.165, 1.54) is 12.3 Å². The van der Waals surface area contributed by atoms with E-state index in [0.29, 0.717) is 12.8 Å². The zero-order valence-corrected chi connectivity index (χ0v) is 11.7. The van der Waals surface area contributed by atoms with Crippen LogP contribution < -0.4 is 9.86 Å². The molecule has 19 heavy (non-hydrogen) atoms. The first-order valence-corrected chi connectivity index (χ1v) is 8.55. The quantitative estimate of drug-likeness (QED) is 0.559. The van der Waals surface area contributed by atoms with Crippen molar-refractivity contribution in [2.75, 3.05) is 10.5 Å². The average Bonchev–Trinajstić information content (AvgIpc) is 2.27. The molecule has 1 aromatic rings. The van der Waals surface area contributed by atoms with Crippen LogP contribution in [0.4, 0.5) is 5.69 Å². The van der Waals surface area contributed by atoms with Crippen molar-refractivity contribution in [1.29, 1.82) is 0 Å². The molecule has 0 fully saturated rings. The molecule has 0 atom stereocenters. The second-order valence-corrected chi connectivity index (χ2v) is 7.13. The van der Waals surface area contributed by atoms with Gasteiger partial charge in [0.2, 0.25) is 10.0 Å². The van der Waals surface area contributed by atoms with Crippen molar-refractivity contribution in [3.8, 4) is 0 Å². The Morgan fingerprint density at radius 1 is 1.37 bits per heavy atom. The lowest BCUT2D eigenvalue weighted by molar-refractivity contribution is 0.593. The Hall–Kier alpha value is -1.45. The summed E-state index contributed by atoms with van der Waals surface area (Å²) in [7, 11) is -7.49. The van der Waals surface area contributed by atoms with E-state index in [-0.39, 0.29) is 11.4 Å². The van der Waals surface area contributed by atoms with Crippen molar-refractivity contribution >= 4 is 25.7 Å². The molecule has 0 saturated heterocycles. The number of pyridine rings is 1. The number of nitrogens with two attached hydrogens (primary N) is 1. The van der Waals surface area contributed by atoms with E-state index in [2.05, 4.69) is 16.3 Å². The molecule has 0 spiro atoms. The van der Waals surface area contributed by atoms with Gasteiger partial charge in [-0.2, -0.15) is 0 Å². The Morgan fingerprint density at radius 3 is 2.63 bits per heavy atom. The molecule has 0 amide bonds. The minimum atomic E-state index is -3.96. The van der Waals surface area contributed by atoms with E-state index >= 15 is 0 Å². The molecule has 7 nitrogen and oxygen atoms in total. The molecule has 0 aliphatic heterocycles. The lowest BCUT2D eigenvalue weighted by Crippen LogP contribution is -2.18. The molecule has 1 aromatic heterocycles. The minimum absolute atomic E-state index is 0.0773. The molecular formula is C10H15N3O4S2. The van der Waals surface area contributed by atoms with Gasteiger partial charge in [0.1, 0.15) is 0 Å². The van der Waals surface area contributed by atoms with E-state index in [9.17, 15) is 16.8 Å². The number of sulfonamides is 2. The van der Waals surface area contributed by atoms with Gasteiger partial charge in [0, 0.05) is 12.3 Å². The summed E-state index contributed by atoms with van der Waals surface area (Å²) in [6.07, 6.45) is 3.81. The van der Waals surface area contributed by atoms with E-state index in [1.807, 2.05) is 0 Å². The van der Waals surface area contributed by atoms with Gasteiger partial charge in [-0.3, -0.25) is 4.72 Å². The highest BCUT2D eigenvalue weighted by atomic mass is 32.2. The summed E-state index contributed by atoms with van der Waals surface area (Å²) in [5.74, 6) is -0.0773. The molecule has 0 aromatic carbocycles. The summed E-state index contributed by atoms with van der Waals surface area (Å²) < 4.78 is 47.8. The number of anilines is 1. The fourth-order valence-corrected chi connectivity index (χ4v) is 2.91. The number of hydrogen-bond acceptors (Lipinski definition) is 5. The van der Waals surface area contributed by atoms with Gasteiger partial charge in [-0.05, 0) is 18.9 Å². The number of nitrogens with one attached hydrogen (secondary N) is 1. The fourth-order valence-electron chi connectivity index (χ4n) is 1.28. The van der Waals surface area contributed by atoms with Crippen molar-refractivity contribution in [3.05, 3.63) is 31.0 Å². The zero-order chi connectivity index (χ0) is 14.5. The molecule has 9 heteroatoms. The predicted octanol–water partition coefficient (Wildman–Crippen LogP) is 0.437. The summed E-state index contributed by atoms with van der Waals surface area (Å²) in [5.41, 5.74) is 0.109. The molecule has 0 aliphatic rings. The molecule has 3 N–H and O–H groups in total. The normalized spacial score (nSPS) is 12.1. The Bertz CT molecular complexity index is 653. The topological polar surface area (TPSA) is 119 Å². The van der Waals surface area contributed by atoms with E-state index < -0.39 is 25.1 Å². The highest BCUT2D eigenvalue weighted by Gasteiger charge is 2.13. The van der Waals surface area contributed by atoms with Crippen molar-refractivity contribution in [2.24, 2.45) is 5.14 Å². The molecule has 0 radical (unpaired) electrons. The van der Waals surface area contributed by atoms with Gasteiger partial charge >= 0.3 is 0 Å². The van der Waals surface area contributed by atoms with Crippen molar-refractivity contribution in [2.45, 2.75) is 17.9 Å². The molecular weight excluding hydrogens is 290 g/mol. The summed E-state index contributed by atoms with van der Waals surface area (Å²) in [5, 5.41) is 4.52. The molecule has 106 valence electrons. The highest BCUT2D eigenvalue weighted by molar-refractivity contribution is 7.92. The van der Waals surface area contributed by atoms with Crippen LogP contribution in [0.1, 0.15) is 12.8 Å². The first kappa shape index (κ1) is 15.6. The van der Waals surface area contributed by atoms with Crippen LogP contribution >= 0.6 is 0 Å². The molecule has 1 rings (SSSR count). The van der Waals surface area contributed by atoms with E-state index in [0.717, 1.165) is 6.07 Å². The van der Waals surface area contributed by atoms with Crippen LogP contribution in [-0.2, 0) is 20.0 Å². The number of nitrogens with zero attached hydrogens (tertiary/aromatic N) is 1. The lowest BCUT2D eigenvalue weighted by Gasteiger charge is -2.08. The van der Waals surface area contributed by atoms with E-state index in [1.54, 1.807) is 6.08 Å². The maximum atomic E-state index is 11.7. The van der Waals surface area contributed by atoms with Crippen molar-refractivity contribution in [1.82, 2.24) is 4.98 Å². The van der Waals surface area contributed by atoms with Crippen molar-refractivity contribution < 1.29 is 16.8 Å². The summed E-state index contributed by atoms with van der Waals surface area (Å²) in [6, 6.07) is 2.42. The number of allylic oxidation sites excluding steroid dienone is 1. The molecule has 0 aliphatic carbocycles. The van der Waals surface area contributed by atoms with Crippen LogP contribution in [0.15, 0.2) is 36.0 Å². The second-order valence-electron chi connectivity index (χ2n) is 3.78. The first-order chi connectivity index (χ1) is 8.74. The summed E-state index contributed by atoms with van der Waals surface area (Å²) >= 11 is 0. The smallest absolute Gasteiger partial charge is 0.255 e. The number of unbranched alkanes of at least 4 members (excludes halogenated alkanes) is 1. The monoisotopic (exact) mass is 305 g/mol. The van der Waals surface area contributed by atoms with Crippen LogP contribution in [-0.4, -0.2) is 27.6 Å². The molecule has 0 bridgehead atoms.